The third-order valence-corrected chi connectivity index (χ3v) is 7.14. The van der Waals surface area contributed by atoms with E-state index < -0.39 is 0 Å². The Labute approximate surface area is 235 Å². The number of methoxy groups -OCH3 is 1. The first-order chi connectivity index (χ1) is 18.8. The minimum atomic E-state index is -0.120. The maximum atomic E-state index is 13.1. The van der Waals surface area contributed by atoms with Crippen LogP contribution in [0.4, 0.5) is 5.69 Å². The molecular weight excluding hydrogens is 508 g/mol. The van der Waals surface area contributed by atoms with Gasteiger partial charge in [0.2, 0.25) is 5.91 Å². The summed E-state index contributed by atoms with van der Waals surface area (Å²) >= 11 is 6.13. The first-order valence-corrected chi connectivity index (χ1v) is 13.7. The molecule has 1 N–H and O–H groups in total. The number of carbonyl (C=O) groups excluding carboxylic acids is 1. The summed E-state index contributed by atoms with van der Waals surface area (Å²) in [6.45, 7) is 10.6. The minimum Gasteiger partial charge on any atom is -0.497 e. The van der Waals surface area contributed by atoms with Gasteiger partial charge in [0.05, 0.1) is 12.8 Å². The molecule has 0 aliphatic rings. The summed E-state index contributed by atoms with van der Waals surface area (Å²) in [5.74, 6) is 2.03. The molecule has 1 amide bonds. The number of benzene rings is 3. The zero-order chi connectivity index (χ0) is 27.9. The van der Waals surface area contributed by atoms with Gasteiger partial charge in [0, 0.05) is 28.6 Å². The molecule has 6 nitrogen and oxygen atoms in total. The second-order valence-corrected chi connectivity index (χ2v) is 10.0. The summed E-state index contributed by atoms with van der Waals surface area (Å²) < 4.78 is 7.59. The van der Waals surface area contributed by atoms with Crippen molar-refractivity contribution in [1.29, 1.82) is 0 Å². The topological polar surface area (TPSA) is 69.0 Å². The van der Waals surface area contributed by atoms with E-state index in [-0.39, 0.29) is 11.8 Å². The lowest BCUT2D eigenvalue weighted by Crippen LogP contribution is -2.19. The molecule has 0 saturated carbocycles. The average Bonchev–Trinajstić information content (AvgIpc) is 3.33. The van der Waals surface area contributed by atoms with Crippen molar-refractivity contribution in [1.82, 2.24) is 14.8 Å². The van der Waals surface area contributed by atoms with Crippen LogP contribution >= 0.6 is 11.6 Å². The smallest absolute Gasteiger partial charge is 0.225 e. The number of hydrogen-bond donors (Lipinski definition) is 1. The highest BCUT2D eigenvalue weighted by atomic mass is 35.5. The van der Waals surface area contributed by atoms with Crippen LogP contribution in [0.3, 0.4) is 0 Å². The molecule has 3 aromatic carbocycles. The summed E-state index contributed by atoms with van der Waals surface area (Å²) in [7, 11) is 1.64. The van der Waals surface area contributed by atoms with Crippen LogP contribution in [0.15, 0.2) is 73.3 Å². The van der Waals surface area contributed by atoms with E-state index in [4.69, 9.17) is 16.3 Å². The molecule has 1 aromatic heterocycles. The van der Waals surface area contributed by atoms with Crippen LogP contribution in [0.1, 0.15) is 67.4 Å². The molecular formula is C32H35ClN4O2. The molecule has 0 aliphatic heterocycles. The summed E-state index contributed by atoms with van der Waals surface area (Å²) in [4.78, 5) is 13.1. The Hall–Kier alpha value is -3.90. The lowest BCUT2D eigenvalue weighted by molar-refractivity contribution is -0.116. The predicted molar refractivity (Wildman–Crippen MR) is 159 cm³/mol. The standard InChI is InChI=1S/C32H35ClN4O2/c1-6-8-25(19-31(38)34-27-15-9-23(7-2)10-16-27)32-36-35-22(4)37(32)30-18-17-28(39-5)20-29(30)21(3)24-11-13-26(33)14-12-24/h9-18,20,25H,3,6-8,19H2,1-2,4-5H3,(H,34,38). The number of nitrogens with one attached hydrogen (secondary N) is 1. The number of rotatable bonds is 11. The molecule has 1 unspecified atom stereocenters. The van der Waals surface area contributed by atoms with E-state index in [1.54, 1.807) is 7.11 Å². The fourth-order valence-electron chi connectivity index (χ4n) is 4.76. The van der Waals surface area contributed by atoms with Crippen molar-refractivity contribution in [3.05, 3.63) is 107 Å². The third-order valence-electron chi connectivity index (χ3n) is 6.89. The Morgan fingerprint density at radius 1 is 1.05 bits per heavy atom. The summed E-state index contributed by atoms with van der Waals surface area (Å²) in [6.07, 6.45) is 2.96. The van der Waals surface area contributed by atoms with Gasteiger partial charge in [-0.1, -0.05) is 62.7 Å². The largest absolute Gasteiger partial charge is 0.497 e. The van der Waals surface area contributed by atoms with Crippen molar-refractivity contribution < 1.29 is 9.53 Å². The quantitative estimate of drug-likeness (QED) is 0.210. The number of anilines is 1. The van der Waals surface area contributed by atoms with E-state index >= 15 is 0 Å². The van der Waals surface area contributed by atoms with Crippen LogP contribution in [0.2, 0.25) is 5.02 Å². The molecule has 202 valence electrons. The number of aryl methyl sites for hydroxylation is 2. The normalized spacial score (nSPS) is 11.7. The van der Waals surface area contributed by atoms with Crippen molar-refractivity contribution in [3.63, 3.8) is 0 Å². The van der Waals surface area contributed by atoms with Gasteiger partial charge in [0.1, 0.15) is 17.4 Å². The Morgan fingerprint density at radius 2 is 1.77 bits per heavy atom. The Bertz CT molecular complexity index is 1440. The molecule has 0 fully saturated rings. The van der Waals surface area contributed by atoms with Gasteiger partial charge in [0.25, 0.3) is 0 Å². The SMILES string of the molecule is C=C(c1ccc(Cl)cc1)c1cc(OC)ccc1-n1c(C)nnc1C(CCC)CC(=O)Nc1ccc(CC)cc1. The van der Waals surface area contributed by atoms with Crippen molar-refractivity contribution in [2.45, 2.75) is 52.4 Å². The molecule has 0 spiro atoms. The van der Waals surface area contributed by atoms with E-state index in [1.807, 2.05) is 78.2 Å². The first-order valence-electron chi connectivity index (χ1n) is 13.3. The van der Waals surface area contributed by atoms with Gasteiger partial charge in [-0.25, -0.2) is 0 Å². The maximum Gasteiger partial charge on any atom is 0.225 e. The van der Waals surface area contributed by atoms with Crippen molar-refractivity contribution in [2.75, 3.05) is 12.4 Å². The zero-order valence-corrected chi connectivity index (χ0v) is 23.8. The molecule has 1 atom stereocenters. The highest BCUT2D eigenvalue weighted by Gasteiger charge is 2.25. The second-order valence-electron chi connectivity index (χ2n) is 9.60. The Morgan fingerprint density at radius 3 is 2.41 bits per heavy atom. The predicted octanol–water partition coefficient (Wildman–Crippen LogP) is 7.77. The number of nitrogens with zero attached hydrogens (tertiary/aromatic N) is 3. The molecule has 0 radical (unpaired) electrons. The molecule has 4 rings (SSSR count). The third kappa shape index (κ3) is 6.58. The lowest BCUT2D eigenvalue weighted by Gasteiger charge is -2.21. The fourth-order valence-corrected chi connectivity index (χ4v) is 4.88. The summed E-state index contributed by atoms with van der Waals surface area (Å²) in [6, 6.07) is 21.5. The van der Waals surface area contributed by atoms with Gasteiger partial charge < -0.3 is 10.1 Å². The van der Waals surface area contributed by atoms with Gasteiger partial charge in [-0.15, -0.1) is 10.2 Å². The van der Waals surface area contributed by atoms with Crippen LogP contribution in [0.5, 0.6) is 5.75 Å². The zero-order valence-electron chi connectivity index (χ0n) is 23.0. The van der Waals surface area contributed by atoms with E-state index in [2.05, 4.69) is 35.9 Å². The van der Waals surface area contributed by atoms with Crippen LogP contribution in [0, 0.1) is 6.92 Å². The van der Waals surface area contributed by atoms with E-state index in [0.717, 1.165) is 64.7 Å². The number of hydrogen-bond acceptors (Lipinski definition) is 4. The number of halogens is 1. The van der Waals surface area contributed by atoms with Crippen molar-refractivity contribution in [2.24, 2.45) is 0 Å². The number of aromatic nitrogens is 3. The van der Waals surface area contributed by atoms with Gasteiger partial charge in [-0.2, -0.15) is 0 Å². The fraction of sp³-hybridized carbons (Fsp3) is 0.281. The second kappa shape index (κ2) is 12.8. The Balaban J connectivity index is 1.70. The number of amides is 1. The molecule has 0 saturated heterocycles. The van der Waals surface area contributed by atoms with Gasteiger partial charge in [-0.3, -0.25) is 9.36 Å². The van der Waals surface area contributed by atoms with E-state index in [1.165, 1.54) is 5.56 Å². The van der Waals surface area contributed by atoms with Crippen LogP contribution in [0.25, 0.3) is 11.3 Å². The molecule has 0 aliphatic carbocycles. The molecule has 1 heterocycles. The molecule has 4 aromatic rings. The van der Waals surface area contributed by atoms with E-state index in [0.29, 0.717) is 11.4 Å². The van der Waals surface area contributed by atoms with Gasteiger partial charge in [-0.05, 0) is 78.9 Å². The Kier molecular flexibility index (Phi) is 9.20. The average molecular weight is 543 g/mol. The maximum absolute atomic E-state index is 13.1. The van der Waals surface area contributed by atoms with Gasteiger partial charge in [0.15, 0.2) is 0 Å². The summed E-state index contributed by atoms with van der Waals surface area (Å²) in [5.41, 5.74) is 5.55. The van der Waals surface area contributed by atoms with Crippen LogP contribution < -0.4 is 10.1 Å². The van der Waals surface area contributed by atoms with Gasteiger partial charge >= 0.3 is 0 Å². The van der Waals surface area contributed by atoms with Crippen molar-refractivity contribution in [3.8, 4) is 11.4 Å². The molecule has 39 heavy (non-hydrogen) atoms. The van der Waals surface area contributed by atoms with E-state index in [9.17, 15) is 4.79 Å². The monoisotopic (exact) mass is 542 g/mol. The highest BCUT2D eigenvalue weighted by molar-refractivity contribution is 6.30. The minimum absolute atomic E-state index is 0.0505. The molecule has 0 bridgehead atoms. The number of carbonyl (C=O) groups is 1. The van der Waals surface area contributed by atoms with Crippen LogP contribution in [-0.4, -0.2) is 27.8 Å². The lowest BCUT2D eigenvalue weighted by atomic mass is 9.95. The highest BCUT2D eigenvalue weighted by Crippen LogP contribution is 2.35. The summed E-state index contributed by atoms with van der Waals surface area (Å²) in [5, 5.41) is 12.7. The first kappa shape index (κ1) is 28.1. The van der Waals surface area contributed by atoms with Crippen molar-refractivity contribution >= 4 is 28.8 Å². The van der Waals surface area contributed by atoms with Crippen LogP contribution in [-0.2, 0) is 11.2 Å². The number of ether oxygens (including phenoxy) is 1. The molecule has 7 heteroatoms.